The zero-order valence-electron chi connectivity index (χ0n) is 14.1. The third-order valence-electron chi connectivity index (χ3n) is 3.62. The van der Waals surface area contributed by atoms with Crippen molar-refractivity contribution in [3.8, 4) is 17.4 Å². The van der Waals surface area contributed by atoms with Gasteiger partial charge in [0, 0.05) is 16.3 Å². The van der Waals surface area contributed by atoms with Crippen molar-refractivity contribution in [2.24, 2.45) is 5.10 Å². The van der Waals surface area contributed by atoms with E-state index in [0.29, 0.717) is 27.7 Å². The first kappa shape index (κ1) is 18.2. The van der Waals surface area contributed by atoms with E-state index in [1.54, 1.807) is 48.5 Å². The van der Waals surface area contributed by atoms with Gasteiger partial charge in [-0.1, -0.05) is 23.7 Å². The first-order valence-corrected chi connectivity index (χ1v) is 8.44. The SMILES string of the molecule is N#Cc1ccccc1-c1ccc(/C=N\NC(=O)CNc2ccc(Cl)cc2)o1. The number of amides is 1. The van der Waals surface area contributed by atoms with Crippen LogP contribution in [0.4, 0.5) is 5.69 Å². The van der Waals surface area contributed by atoms with E-state index in [1.165, 1.54) is 6.21 Å². The molecule has 1 amide bonds. The van der Waals surface area contributed by atoms with Gasteiger partial charge in [0.05, 0.1) is 24.4 Å². The minimum atomic E-state index is -0.303. The molecule has 0 aliphatic heterocycles. The molecule has 0 spiro atoms. The van der Waals surface area contributed by atoms with E-state index >= 15 is 0 Å². The summed E-state index contributed by atoms with van der Waals surface area (Å²) in [6.07, 6.45) is 1.40. The summed E-state index contributed by atoms with van der Waals surface area (Å²) in [5, 5.41) is 16.6. The Labute approximate surface area is 161 Å². The summed E-state index contributed by atoms with van der Waals surface area (Å²) < 4.78 is 5.65. The Morgan fingerprint density at radius 2 is 1.93 bits per heavy atom. The van der Waals surface area contributed by atoms with Crippen LogP contribution in [0.15, 0.2) is 70.2 Å². The number of hydrogen-bond donors (Lipinski definition) is 2. The van der Waals surface area contributed by atoms with Gasteiger partial charge >= 0.3 is 0 Å². The van der Waals surface area contributed by atoms with Gasteiger partial charge in [-0.05, 0) is 48.5 Å². The van der Waals surface area contributed by atoms with Gasteiger partial charge in [-0.25, -0.2) is 5.43 Å². The Kier molecular flexibility index (Phi) is 5.87. The number of rotatable bonds is 6. The zero-order valence-corrected chi connectivity index (χ0v) is 14.9. The van der Waals surface area contributed by atoms with Crippen molar-refractivity contribution >= 4 is 29.4 Å². The molecule has 0 radical (unpaired) electrons. The first-order chi connectivity index (χ1) is 13.2. The number of hydrogen-bond acceptors (Lipinski definition) is 5. The molecule has 2 aromatic carbocycles. The van der Waals surface area contributed by atoms with Crippen LogP contribution in [-0.2, 0) is 4.79 Å². The van der Waals surface area contributed by atoms with Gasteiger partial charge in [-0.15, -0.1) is 0 Å². The molecule has 1 aromatic heterocycles. The second-order valence-corrected chi connectivity index (χ2v) is 5.95. The predicted molar refractivity (Wildman–Crippen MR) is 105 cm³/mol. The first-order valence-electron chi connectivity index (χ1n) is 8.06. The summed E-state index contributed by atoms with van der Waals surface area (Å²) in [5.41, 5.74) is 4.43. The van der Waals surface area contributed by atoms with Crippen LogP contribution in [0.5, 0.6) is 0 Å². The summed E-state index contributed by atoms with van der Waals surface area (Å²) in [6.45, 7) is 0.0674. The second-order valence-electron chi connectivity index (χ2n) is 5.51. The van der Waals surface area contributed by atoms with Gasteiger partial charge in [0.2, 0.25) is 0 Å². The van der Waals surface area contributed by atoms with Gasteiger partial charge in [-0.2, -0.15) is 10.4 Å². The lowest BCUT2D eigenvalue weighted by molar-refractivity contribution is -0.119. The van der Waals surface area contributed by atoms with Gasteiger partial charge in [0.1, 0.15) is 11.5 Å². The molecular weight excluding hydrogens is 364 g/mol. The van der Waals surface area contributed by atoms with Gasteiger partial charge in [0.15, 0.2) is 0 Å². The Morgan fingerprint density at radius 1 is 1.15 bits per heavy atom. The number of halogens is 1. The van der Waals surface area contributed by atoms with Crippen molar-refractivity contribution in [3.63, 3.8) is 0 Å². The summed E-state index contributed by atoms with van der Waals surface area (Å²) in [7, 11) is 0. The maximum Gasteiger partial charge on any atom is 0.259 e. The summed E-state index contributed by atoms with van der Waals surface area (Å²) in [6, 6.07) is 19.8. The van der Waals surface area contributed by atoms with Gasteiger partial charge in [-0.3, -0.25) is 4.79 Å². The van der Waals surface area contributed by atoms with Crippen molar-refractivity contribution in [2.75, 3.05) is 11.9 Å². The molecule has 3 aromatic rings. The highest BCUT2D eigenvalue weighted by Crippen LogP contribution is 2.24. The highest BCUT2D eigenvalue weighted by Gasteiger charge is 2.08. The number of hydrazone groups is 1. The largest absolute Gasteiger partial charge is 0.455 e. The Morgan fingerprint density at radius 3 is 2.70 bits per heavy atom. The van der Waals surface area contributed by atoms with E-state index in [0.717, 1.165) is 5.69 Å². The summed E-state index contributed by atoms with van der Waals surface area (Å²) in [4.78, 5) is 11.8. The molecule has 3 rings (SSSR count). The number of nitrogens with zero attached hydrogens (tertiary/aromatic N) is 2. The molecule has 134 valence electrons. The van der Waals surface area contributed by atoms with Crippen LogP contribution in [-0.4, -0.2) is 18.7 Å². The number of nitriles is 1. The predicted octanol–water partition coefficient (Wildman–Crippen LogP) is 4.03. The molecule has 0 fully saturated rings. The normalized spacial score (nSPS) is 10.5. The highest BCUT2D eigenvalue weighted by atomic mass is 35.5. The van der Waals surface area contributed by atoms with Crippen LogP contribution in [0, 0.1) is 11.3 Å². The van der Waals surface area contributed by atoms with Crippen LogP contribution in [0.3, 0.4) is 0 Å². The number of furan rings is 1. The number of nitrogens with one attached hydrogen (secondary N) is 2. The fourth-order valence-corrected chi connectivity index (χ4v) is 2.45. The summed E-state index contributed by atoms with van der Waals surface area (Å²) >= 11 is 5.81. The molecule has 27 heavy (non-hydrogen) atoms. The molecule has 0 saturated heterocycles. The molecule has 0 atom stereocenters. The van der Waals surface area contributed by atoms with Crippen LogP contribution < -0.4 is 10.7 Å². The quantitative estimate of drug-likeness (QED) is 0.500. The van der Waals surface area contributed by atoms with Crippen LogP contribution in [0.2, 0.25) is 5.02 Å². The lowest BCUT2D eigenvalue weighted by Gasteiger charge is -2.04. The average Bonchev–Trinajstić information content (AvgIpc) is 3.16. The van der Waals surface area contributed by atoms with Crippen LogP contribution >= 0.6 is 11.6 Å². The summed E-state index contributed by atoms with van der Waals surface area (Å²) in [5.74, 6) is 0.718. The number of benzene rings is 2. The molecule has 0 unspecified atom stereocenters. The topological polar surface area (TPSA) is 90.4 Å². The molecule has 6 nitrogen and oxygen atoms in total. The fraction of sp³-hybridized carbons (Fsp3) is 0.0500. The van der Waals surface area contributed by atoms with Crippen LogP contribution in [0.25, 0.3) is 11.3 Å². The minimum Gasteiger partial charge on any atom is -0.455 e. The van der Waals surface area contributed by atoms with Crippen molar-refractivity contribution < 1.29 is 9.21 Å². The monoisotopic (exact) mass is 378 g/mol. The molecule has 0 aliphatic carbocycles. The van der Waals surface area contributed by atoms with Crippen molar-refractivity contribution in [1.29, 1.82) is 5.26 Å². The maximum atomic E-state index is 11.8. The zero-order chi connectivity index (χ0) is 19.1. The third kappa shape index (κ3) is 4.97. The average molecular weight is 379 g/mol. The number of carbonyl (C=O) groups excluding carboxylic acids is 1. The lowest BCUT2D eigenvalue weighted by atomic mass is 10.1. The third-order valence-corrected chi connectivity index (χ3v) is 3.87. The molecular formula is C20H15ClN4O2. The number of carbonyl (C=O) groups is 1. The maximum absolute atomic E-state index is 11.8. The van der Waals surface area contributed by atoms with Gasteiger partial charge in [0.25, 0.3) is 5.91 Å². The van der Waals surface area contributed by atoms with E-state index in [1.807, 2.05) is 12.1 Å². The standard InChI is InChI=1S/C20H15ClN4O2/c21-15-5-7-16(8-6-15)23-13-20(26)25-24-12-17-9-10-19(27-17)18-4-2-1-3-14(18)11-22/h1-10,12,23H,13H2,(H,25,26)/b24-12-. The molecule has 2 N–H and O–H groups in total. The van der Waals surface area contributed by atoms with Crippen molar-refractivity contribution in [2.45, 2.75) is 0 Å². The Bertz CT molecular complexity index is 1000. The molecule has 1 heterocycles. The Hall–Kier alpha value is -3.56. The van der Waals surface area contributed by atoms with E-state index in [9.17, 15) is 4.79 Å². The van der Waals surface area contributed by atoms with E-state index < -0.39 is 0 Å². The fourth-order valence-electron chi connectivity index (χ4n) is 2.32. The molecule has 7 heteroatoms. The molecule has 0 saturated carbocycles. The molecule has 0 aliphatic rings. The smallest absolute Gasteiger partial charge is 0.259 e. The van der Waals surface area contributed by atoms with Crippen LogP contribution in [0.1, 0.15) is 11.3 Å². The lowest BCUT2D eigenvalue weighted by Crippen LogP contribution is -2.25. The van der Waals surface area contributed by atoms with Crippen molar-refractivity contribution in [1.82, 2.24) is 5.43 Å². The van der Waals surface area contributed by atoms with E-state index in [4.69, 9.17) is 21.3 Å². The van der Waals surface area contributed by atoms with E-state index in [2.05, 4.69) is 21.9 Å². The number of anilines is 1. The van der Waals surface area contributed by atoms with E-state index in [-0.39, 0.29) is 12.5 Å². The Balaban J connectivity index is 1.54. The highest BCUT2D eigenvalue weighted by molar-refractivity contribution is 6.30. The van der Waals surface area contributed by atoms with Gasteiger partial charge < -0.3 is 9.73 Å². The van der Waals surface area contributed by atoms with Crippen molar-refractivity contribution in [3.05, 3.63) is 77.0 Å². The second kappa shape index (κ2) is 8.70. The minimum absolute atomic E-state index is 0.0674. The molecule has 0 bridgehead atoms.